The molecule has 1 atom stereocenters. The van der Waals surface area contributed by atoms with E-state index in [0.29, 0.717) is 0 Å². The fourth-order valence-electron chi connectivity index (χ4n) is 5.03. The first-order valence-corrected chi connectivity index (χ1v) is 13.5. The first-order valence-electron chi connectivity index (χ1n) is 11.9. The summed E-state index contributed by atoms with van der Waals surface area (Å²) in [6.07, 6.45) is 4.24. The Labute approximate surface area is 224 Å². The number of hydrogen-bond donors (Lipinski definition) is 0. The maximum Gasteiger partial charge on any atom is 0.174 e. The van der Waals surface area contributed by atoms with Crippen molar-refractivity contribution in [3.05, 3.63) is 116 Å². The lowest BCUT2D eigenvalue weighted by Crippen LogP contribution is -2.32. The second-order valence-electron chi connectivity index (χ2n) is 8.88. The van der Waals surface area contributed by atoms with Crippen molar-refractivity contribution in [2.24, 2.45) is 4.99 Å². The molecule has 1 unspecified atom stereocenters. The highest BCUT2D eigenvalue weighted by molar-refractivity contribution is 9.10. The molecule has 3 aromatic carbocycles. The molecular formula is C30H25BrN2O2S. The van der Waals surface area contributed by atoms with Gasteiger partial charge in [-0.15, -0.1) is 0 Å². The summed E-state index contributed by atoms with van der Waals surface area (Å²) in [5, 5.41) is 3.25. The molecule has 2 heterocycles. The van der Waals surface area contributed by atoms with E-state index in [4.69, 9.17) is 14.5 Å². The lowest BCUT2D eigenvalue weighted by molar-refractivity contribution is 0.413. The van der Waals surface area contributed by atoms with Crippen molar-refractivity contribution in [2.75, 3.05) is 14.2 Å². The molecule has 2 aliphatic heterocycles. The van der Waals surface area contributed by atoms with Crippen LogP contribution in [0.25, 0.3) is 11.8 Å². The number of methoxy groups -OCH3 is 2. The van der Waals surface area contributed by atoms with Gasteiger partial charge in [-0.25, -0.2) is 4.99 Å². The molecule has 6 heteroatoms. The quantitative estimate of drug-likeness (QED) is 0.318. The van der Waals surface area contributed by atoms with Gasteiger partial charge in [0.05, 0.1) is 31.7 Å². The summed E-state index contributed by atoms with van der Waals surface area (Å²) in [5.41, 5.74) is 8.57. The van der Waals surface area contributed by atoms with E-state index in [2.05, 4.69) is 93.0 Å². The average Bonchev–Trinajstić information content (AvgIpc) is 3.52. The Morgan fingerprint density at radius 2 is 1.56 bits per heavy atom. The second-order valence-corrected chi connectivity index (χ2v) is 10.6. The standard InChI is InChI=1S/C30H25BrN2O2S/c1-34-24-12-3-19(4-13-24)17-22-9-16-26-28(22)32-30-33(29(26)21-7-14-25(35-2)15-8-21)27(18-36-30)20-5-10-23(31)11-6-20/h3-8,10-15,17-18,29H,9,16H2,1-2H3/b22-17+. The van der Waals surface area contributed by atoms with Crippen molar-refractivity contribution < 1.29 is 9.47 Å². The Kier molecular flexibility index (Phi) is 6.23. The highest BCUT2D eigenvalue weighted by Gasteiger charge is 2.41. The SMILES string of the molecule is COc1ccc(/C=C2\CCC3=C2N=C2SC=C(c4ccc(Br)cc4)N2C3c2ccc(OC)cc2)cc1. The molecule has 3 aliphatic rings. The maximum atomic E-state index is 5.44. The molecule has 0 fully saturated rings. The Bertz CT molecular complexity index is 1420. The monoisotopic (exact) mass is 556 g/mol. The zero-order valence-corrected chi connectivity index (χ0v) is 22.5. The van der Waals surface area contributed by atoms with Gasteiger partial charge in [-0.2, -0.15) is 0 Å². The third-order valence-corrected chi connectivity index (χ3v) is 8.21. The number of rotatable bonds is 5. The first-order chi connectivity index (χ1) is 17.6. The molecule has 36 heavy (non-hydrogen) atoms. The minimum Gasteiger partial charge on any atom is -0.497 e. The minimum absolute atomic E-state index is 0.0880. The molecule has 3 aromatic rings. The van der Waals surface area contributed by atoms with Crippen LogP contribution in [-0.2, 0) is 0 Å². The van der Waals surface area contributed by atoms with Gasteiger partial charge in [0.25, 0.3) is 0 Å². The Morgan fingerprint density at radius 1 is 0.889 bits per heavy atom. The number of halogens is 1. The number of aliphatic imine (C=N–C) groups is 1. The van der Waals surface area contributed by atoms with E-state index in [1.165, 1.54) is 28.0 Å². The summed E-state index contributed by atoms with van der Waals surface area (Å²) in [6.45, 7) is 0. The Morgan fingerprint density at radius 3 is 2.22 bits per heavy atom. The van der Waals surface area contributed by atoms with Crippen LogP contribution < -0.4 is 9.47 Å². The fraction of sp³-hybridized carbons (Fsp3) is 0.167. The van der Waals surface area contributed by atoms with E-state index in [-0.39, 0.29) is 6.04 Å². The van der Waals surface area contributed by atoms with Gasteiger partial charge >= 0.3 is 0 Å². The van der Waals surface area contributed by atoms with Crippen LogP contribution in [0.5, 0.6) is 11.5 Å². The van der Waals surface area contributed by atoms with E-state index < -0.39 is 0 Å². The lowest BCUT2D eigenvalue weighted by atomic mass is 9.93. The number of nitrogens with zero attached hydrogens (tertiary/aromatic N) is 2. The highest BCUT2D eigenvalue weighted by atomic mass is 79.9. The normalized spacial score (nSPS) is 19.7. The molecule has 0 saturated heterocycles. The summed E-state index contributed by atoms with van der Waals surface area (Å²) in [7, 11) is 3.40. The summed E-state index contributed by atoms with van der Waals surface area (Å²) < 4.78 is 11.8. The van der Waals surface area contributed by atoms with Crippen LogP contribution in [0.1, 0.15) is 35.6 Å². The molecule has 0 aromatic heterocycles. The van der Waals surface area contributed by atoms with Gasteiger partial charge in [0.2, 0.25) is 0 Å². The van der Waals surface area contributed by atoms with E-state index in [1.54, 1.807) is 26.0 Å². The van der Waals surface area contributed by atoms with Crippen molar-refractivity contribution >= 4 is 44.6 Å². The average molecular weight is 558 g/mol. The molecule has 1 aliphatic carbocycles. The fourth-order valence-corrected chi connectivity index (χ4v) is 6.23. The van der Waals surface area contributed by atoms with Gasteiger partial charge in [-0.1, -0.05) is 64.1 Å². The van der Waals surface area contributed by atoms with E-state index >= 15 is 0 Å². The summed E-state index contributed by atoms with van der Waals surface area (Å²) in [4.78, 5) is 7.63. The molecule has 0 saturated carbocycles. The molecule has 0 spiro atoms. The molecule has 0 bridgehead atoms. The van der Waals surface area contributed by atoms with Gasteiger partial charge in [0.1, 0.15) is 11.5 Å². The topological polar surface area (TPSA) is 34.1 Å². The first kappa shape index (κ1) is 23.2. The number of allylic oxidation sites excluding steroid dienone is 1. The summed E-state index contributed by atoms with van der Waals surface area (Å²) >= 11 is 5.27. The van der Waals surface area contributed by atoms with Crippen LogP contribution in [0.2, 0.25) is 0 Å². The van der Waals surface area contributed by atoms with Gasteiger partial charge in [0, 0.05) is 9.88 Å². The molecule has 4 nitrogen and oxygen atoms in total. The smallest absolute Gasteiger partial charge is 0.174 e. The molecule has 180 valence electrons. The molecule has 0 N–H and O–H groups in total. The predicted molar refractivity (Wildman–Crippen MR) is 152 cm³/mol. The van der Waals surface area contributed by atoms with Crippen LogP contribution in [0.15, 0.2) is 105 Å². The largest absolute Gasteiger partial charge is 0.497 e. The van der Waals surface area contributed by atoms with Crippen molar-refractivity contribution in [3.63, 3.8) is 0 Å². The number of fused-ring (bicyclic) bond motifs is 1. The molecular weight excluding hydrogens is 532 g/mol. The zero-order valence-electron chi connectivity index (χ0n) is 20.1. The van der Waals surface area contributed by atoms with Crippen LogP contribution in [-0.4, -0.2) is 24.3 Å². The van der Waals surface area contributed by atoms with Crippen molar-refractivity contribution in [1.82, 2.24) is 4.90 Å². The van der Waals surface area contributed by atoms with Gasteiger partial charge < -0.3 is 14.4 Å². The molecule has 6 rings (SSSR count). The summed E-state index contributed by atoms with van der Waals surface area (Å²) in [6, 6.07) is 25.3. The second kappa shape index (κ2) is 9.68. The lowest BCUT2D eigenvalue weighted by Gasteiger charge is -2.36. The Hall–Kier alpha value is -3.22. The van der Waals surface area contributed by atoms with Crippen LogP contribution in [0.3, 0.4) is 0 Å². The maximum absolute atomic E-state index is 5.44. The number of hydrogen-bond acceptors (Lipinski definition) is 5. The van der Waals surface area contributed by atoms with Gasteiger partial charge in [-0.3, -0.25) is 0 Å². The van der Waals surface area contributed by atoms with E-state index in [1.807, 2.05) is 12.1 Å². The van der Waals surface area contributed by atoms with Crippen LogP contribution in [0.4, 0.5) is 0 Å². The number of ether oxygens (including phenoxy) is 2. The molecule has 0 radical (unpaired) electrons. The predicted octanol–water partition coefficient (Wildman–Crippen LogP) is 8.06. The third-order valence-electron chi connectivity index (χ3n) is 6.84. The van der Waals surface area contributed by atoms with E-state index in [9.17, 15) is 0 Å². The van der Waals surface area contributed by atoms with Crippen molar-refractivity contribution in [1.29, 1.82) is 0 Å². The zero-order chi connectivity index (χ0) is 24.6. The third kappa shape index (κ3) is 4.18. The minimum atomic E-state index is 0.0880. The van der Waals surface area contributed by atoms with E-state index in [0.717, 1.165) is 45.2 Å². The Balaban J connectivity index is 1.44. The van der Waals surface area contributed by atoms with Crippen LogP contribution >= 0.6 is 27.7 Å². The van der Waals surface area contributed by atoms with Crippen molar-refractivity contribution in [3.8, 4) is 11.5 Å². The number of amidine groups is 1. The highest BCUT2D eigenvalue weighted by Crippen LogP contribution is 2.52. The van der Waals surface area contributed by atoms with Crippen LogP contribution in [0, 0.1) is 0 Å². The van der Waals surface area contributed by atoms with Gasteiger partial charge in [0.15, 0.2) is 5.17 Å². The number of benzene rings is 3. The van der Waals surface area contributed by atoms with Gasteiger partial charge in [-0.05, 0) is 83.2 Å². The molecule has 0 amide bonds. The number of thioether (sulfide) groups is 1. The van der Waals surface area contributed by atoms with Crippen molar-refractivity contribution in [2.45, 2.75) is 18.9 Å². The summed E-state index contributed by atoms with van der Waals surface area (Å²) in [5.74, 6) is 1.73.